The summed E-state index contributed by atoms with van der Waals surface area (Å²) in [6.45, 7) is 7.01. The number of hydrogen-bond donors (Lipinski definition) is 0. The summed E-state index contributed by atoms with van der Waals surface area (Å²) < 4.78 is 2.29. The predicted octanol–water partition coefficient (Wildman–Crippen LogP) is 3.39. The summed E-state index contributed by atoms with van der Waals surface area (Å²) in [5.74, 6) is 0. The number of fused-ring (bicyclic) bond motifs is 3. The molecule has 1 aromatic carbocycles. The molecule has 3 aromatic rings. The van der Waals surface area contributed by atoms with E-state index < -0.39 is 0 Å². The van der Waals surface area contributed by atoms with Gasteiger partial charge in [0.15, 0.2) is 0 Å². The number of benzene rings is 1. The van der Waals surface area contributed by atoms with Crippen molar-refractivity contribution in [2.45, 2.75) is 13.5 Å². The molecule has 0 saturated carbocycles. The van der Waals surface area contributed by atoms with Crippen molar-refractivity contribution in [3.63, 3.8) is 0 Å². The highest BCUT2D eigenvalue weighted by Gasteiger charge is 2.08. The zero-order valence-corrected chi connectivity index (χ0v) is 9.27. The Kier molecular flexibility index (Phi) is 1.96. The van der Waals surface area contributed by atoms with Gasteiger partial charge in [-0.15, -0.1) is 0 Å². The highest BCUT2D eigenvalue weighted by molar-refractivity contribution is 6.07. The minimum absolute atomic E-state index is 0.825. The molecule has 2 aromatic heterocycles. The topological polar surface area (TPSA) is 17.8 Å². The highest BCUT2D eigenvalue weighted by Crippen LogP contribution is 2.28. The third-order valence-electron chi connectivity index (χ3n) is 3.03. The van der Waals surface area contributed by atoms with Gasteiger partial charge in [-0.1, -0.05) is 18.2 Å². The van der Waals surface area contributed by atoms with E-state index in [2.05, 4.69) is 53.7 Å². The van der Waals surface area contributed by atoms with Crippen LogP contribution in [-0.2, 0) is 6.54 Å². The molecule has 0 saturated heterocycles. The molecule has 16 heavy (non-hydrogen) atoms. The second-order valence-electron chi connectivity index (χ2n) is 3.95. The summed E-state index contributed by atoms with van der Waals surface area (Å²) in [5.41, 5.74) is 3.29. The van der Waals surface area contributed by atoms with Crippen LogP contribution in [0.3, 0.4) is 0 Å². The van der Waals surface area contributed by atoms with E-state index >= 15 is 0 Å². The Hall–Kier alpha value is -1.83. The van der Waals surface area contributed by atoms with Gasteiger partial charge in [-0.05, 0) is 26.0 Å². The molecule has 2 nitrogen and oxygen atoms in total. The van der Waals surface area contributed by atoms with Gasteiger partial charge in [-0.2, -0.15) is 0 Å². The Morgan fingerprint density at radius 1 is 1.19 bits per heavy atom. The van der Waals surface area contributed by atoms with Gasteiger partial charge < -0.3 is 4.57 Å². The molecular formula is C14H13N2. The molecular weight excluding hydrogens is 196 g/mol. The minimum Gasteiger partial charge on any atom is -0.339 e. The van der Waals surface area contributed by atoms with E-state index in [0.29, 0.717) is 0 Å². The maximum absolute atomic E-state index is 4.28. The molecule has 2 heterocycles. The van der Waals surface area contributed by atoms with Gasteiger partial charge in [0, 0.05) is 28.5 Å². The molecule has 0 N–H and O–H groups in total. The Bertz CT molecular complexity index is 665. The standard InChI is InChI=1S/C14H13N2/c1-3-16-13-7-5-4-6-11(13)12-8-10(2)15-9-14(12)16/h4-9H,2-3H2,1H3. The third-order valence-corrected chi connectivity index (χ3v) is 3.03. The molecule has 0 aliphatic heterocycles. The average Bonchev–Trinajstić information content (AvgIpc) is 2.62. The Balaban J connectivity index is 2.59. The zero-order valence-electron chi connectivity index (χ0n) is 9.27. The summed E-state index contributed by atoms with van der Waals surface area (Å²) in [6, 6.07) is 10.5. The smallest absolute Gasteiger partial charge is 0.0677 e. The van der Waals surface area contributed by atoms with E-state index in [0.717, 1.165) is 12.2 Å². The molecule has 0 bridgehead atoms. The highest BCUT2D eigenvalue weighted by atomic mass is 15.0. The molecule has 0 amide bonds. The van der Waals surface area contributed by atoms with E-state index in [4.69, 9.17) is 0 Å². The maximum atomic E-state index is 4.28. The van der Waals surface area contributed by atoms with Crippen molar-refractivity contribution in [2.24, 2.45) is 0 Å². The van der Waals surface area contributed by atoms with E-state index in [1.807, 2.05) is 6.20 Å². The van der Waals surface area contributed by atoms with Crippen molar-refractivity contribution in [1.82, 2.24) is 9.55 Å². The summed E-state index contributed by atoms with van der Waals surface area (Å²) in [7, 11) is 0. The van der Waals surface area contributed by atoms with Crippen LogP contribution in [0.15, 0.2) is 36.5 Å². The van der Waals surface area contributed by atoms with Crippen molar-refractivity contribution in [2.75, 3.05) is 0 Å². The lowest BCUT2D eigenvalue weighted by Crippen LogP contribution is -1.93. The molecule has 0 aliphatic carbocycles. The Labute approximate surface area is 94.5 Å². The van der Waals surface area contributed by atoms with Gasteiger partial charge in [0.2, 0.25) is 0 Å². The summed E-state index contributed by atoms with van der Waals surface area (Å²) in [6.07, 6.45) is 1.92. The number of nitrogens with zero attached hydrogens (tertiary/aromatic N) is 2. The van der Waals surface area contributed by atoms with Crippen LogP contribution >= 0.6 is 0 Å². The fourth-order valence-corrected chi connectivity index (χ4v) is 2.33. The quantitative estimate of drug-likeness (QED) is 0.600. The average molecular weight is 209 g/mol. The van der Waals surface area contributed by atoms with Crippen LogP contribution in [-0.4, -0.2) is 9.55 Å². The van der Waals surface area contributed by atoms with Gasteiger partial charge in [0.1, 0.15) is 0 Å². The first-order valence-electron chi connectivity index (χ1n) is 5.50. The van der Waals surface area contributed by atoms with Crippen molar-refractivity contribution in [1.29, 1.82) is 0 Å². The lowest BCUT2D eigenvalue weighted by atomic mass is 10.2. The maximum Gasteiger partial charge on any atom is 0.0677 e. The molecule has 0 aliphatic rings. The molecule has 1 radical (unpaired) electrons. The van der Waals surface area contributed by atoms with Crippen molar-refractivity contribution >= 4 is 21.8 Å². The lowest BCUT2D eigenvalue weighted by Gasteiger charge is -2.01. The Morgan fingerprint density at radius 2 is 2.00 bits per heavy atom. The van der Waals surface area contributed by atoms with E-state index in [1.54, 1.807) is 0 Å². The summed E-state index contributed by atoms with van der Waals surface area (Å²) in [4.78, 5) is 4.28. The first-order valence-corrected chi connectivity index (χ1v) is 5.50. The molecule has 0 atom stereocenters. The normalized spacial score (nSPS) is 11.4. The molecule has 3 rings (SSSR count). The lowest BCUT2D eigenvalue weighted by molar-refractivity contribution is 0.825. The van der Waals surface area contributed by atoms with Crippen LogP contribution in [0.25, 0.3) is 21.8 Å². The van der Waals surface area contributed by atoms with Crippen LogP contribution in [0.1, 0.15) is 12.6 Å². The predicted molar refractivity (Wildman–Crippen MR) is 67.4 cm³/mol. The third kappa shape index (κ3) is 1.16. The number of para-hydroxylation sites is 1. The second-order valence-corrected chi connectivity index (χ2v) is 3.95. The van der Waals surface area contributed by atoms with Gasteiger partial charge in [-0.3, -0.25) is 4.98 Å². The zero-order chi connectivity index (χ0) is 11.1. The van der Waals surface area contributed by atoms with Crippen molar-refractivity contribution in [3.05, 3.63) is 49.1 Å². The van der Waals surface area contributed by atoms with Gasteiger partial charge in [0.05, 0.1) is 11.7 Å². The van der Waals surface area contributed by atoms with Crippen LogP contribution in [0.4, 0.5) is 0 Å². The summed E-state index contributed by atoms with van der Waals surface area (Å²) >= 11 is 0. The number of rotatable bonds is 1. The first kappa shape index (κ1) is 9.40. The van der Waals surface area contributed by atoms with Gasteiger partial charge >= 0.3 is 0 Å². The van der Waals surface area contributed by atoms with Crippen LogP contribution in [0.2, 0.25) is 0 Å². The second kappa shape index (κ2) is 3.34. The monoisotopic (exact) mass is 209 g/mol. The van der Waals surface area contributed by atoms with Crippen LogP contribution in [0.5, 0.6) is 0 Å². The van der Waals surface area contributed by atoms with Crippen LogP contribution in [0, 0.1) is 6.92 Å². The first-order chi connectivity index (χ1) is 7.81. The number of pyridine rings is 1. The SMILES string of the molecule is [CH2]c1cc2c3ccccc3n(CC)c2cn1. The Morgan fingerprint density at radius 3 is 2.81 bits per heavy atom. The molecule has 2 heteroatoms. The number of aryl methyl sites for hydroxylation is 1. The molecule has 0 fully saturated rings. The molecule has 79 valence electrons. The minimum atomic E-state index is 0.825. The van der Waals surface area contributed by atoms with Crippen molar-refractivity contribution < 1.29 is 0 Å². The van der Waals surface area contributed by atoms with Gasteiger partial charge in [-0.25, -0.2) is 0 Å². The summed E-state index contributed by atoms with van der Waals surface area (Å²) in [5, 5.41) is 2.53. The number of aromatic nitrogens is 2. The largest absolute Gasteiger partial charge is 0.339 e. The van der Waals surface area contributed by atoms with E-state index in [9.17, 15) is 0 Å². The number of hydrogen-bond acceptors (Lipinski definition) is 1. The fourth-order valence-electron chi connectivity index (χ4n) is 2.33. The fraction of sp³-hybridized carbons (Fsp3) is 0.143. The van der Waals surface area contributed by atoms with E-state index in [1.165, 1.54) is 21.8 Å². The molecule has 0 unspecified atom stereocenters. The van der Waals surface area contributed by atoms with E-state index in [-0.39, 0.29) is 0 Å². The van der Waals surface area contributed by atoms with Crippen molar-refractivity contribution in [3.8, 4) is 0 Å². The van der Waals surface area contributed by atoms with Gasteiger partial charge in [0.25, 0.3) is 0 Å². The molecule has 0 spiro atoms. The van der Waals surface area contributed by atoms with Crippen LogP contribution < -0.4 is 0 Å².